The van der Waals surface area contributed by atoms with E-state index in [0.29, 0.717) is 28.5 Å². The molecule has 0 radical (unpaired) electrons. The van der Waals surface area contributed by atoms with Crippen molar-refractivity contribution in [3.63, 3.8) is 0 Å². The van der Waals surface area contributed by atoms with E-state index in [9.17, 15) is 8.42 Å². The number of hydrogen-bond donors (Lipinski definition) is 1. The van der Waals surface area contributed by atoms with E-state index < -0.39 is 9.84 Å². The summed E-state index contributed by atoms with van der Waals surface area (Å²) in [6.07, 6.45) is 1.45. The van der Waals surface area contributed by atoms with E-state index in [2.05, 4.69) is 15.3 Å². The smallest absolute Gasteiger partial charge is 0.178 e. The van der Waals surface area contributed by atoms with Gasteiger partial charge in [-0.15, -0.1) is 0 Å². The summed E-state index contributed by atoms with van der Waals surface area (Å²) < 4.78 is 35.6. The highest BCUT2D eigenvalue weighted by Gasteiger charge is 2.17. The lowest BCUT2D eigenvalue weighted by molar-refractivity contribution is 0.356. The Bertz CT molecular complexity index is 1170. The fraction of sp³-hybridized carbons (Fsp3) is 0.333. The van der Waals surface area contributed by atoms with Crippen molar-refractivity contribution in [1.82, 2.24) is 9.97 Å². The lowest BCUT2D eigenvalue weighted by Gasteiger charge is -2.22. The maximum absolute atomic E-state index is 12.4. The number of nitrogens with one attached hydrogen (secondary N) is 1. The molecule has 3 rings (SSSR count). The Kier molecular flexibility index (Phi) is 6.31. The number of benzene rings is 2. The van der Waals surface area contributed by atoms with Crippen molar-refractivity contribution in [1.29, 1.82) is 0 Å². The third-order valence-electron chi connectivity index (χ3n) is 4.99. The number of anilines is 3. The van der Waals surface area contributed by atoms with E-state index in [4.69, 9.17) is 9.47 Å². The van der Waals surface area contributed by atoms with Crippen LogP contribution in [-0.4, -0.2) is 52.0 Å². The van der Waals surface area contributed by atoms with Gasteiger partial charge in [0, 0.05) is 25.0 Å². The molecule has 0 aliphatic carbocycles. The maximum atomic E-state index is 12.4. The van der Waals surface area contributed by atoms with Crippen molar-refractivity contribution >= 4 is 37.9 Å². The van der Waals surface area contributed by atoms with Gasteiger partial charge in [-0.1, -0.05) is 6.92 Å². The first kappa shape index (κ1) is 21.6. The summed E-state index contributed by atoms with van der Waals surface area (Å²) in [6, 6.07) is 8.66. The van der Waals surface area contributed by atoms with Crippen LogP contribution in [0.25, 0.3) is 10.9 Å². The van der Waals surface area contributed by atoms with Crippen LogP contribution in [0.4, 0.5) is 17.2 Å². The molecule has 0 saturated carbocycles. The first-order valence-electron chi connectivity index (χ1n) is 9.56. The monoisotopic (exact) mass is 430 g/mol. The minimum absolute atomic E-state index is 0.0306. The zero-order valence-electron chi connectivity index (χ0n) is 17.8. The predicted octanol–water partition coefficient (Wildman–Crippen LogP) is 3.64. The van der Waals surface area contributed by atoms with Gasteiger partial charge in [-0.3, -0.25) is 0 Å². The van der Waals surface area contributed by atoms with Crippen LogP contribution >= 0.6 is 0 Å². The molecule has 0 amide bonds. The minimum Gasteiger partial charge on any atom is -0.493 e. The molecule has 1 N–H and O–H groups in total. The zero-order valence-corrected chi connectivity index (χ0v) is 18.6. The number of aromatic nitrogens is 2. The maximum Gasteiger partial charge on any atom is 0.178 e. The van der Waals surface area contributed by atoms with E-state index in [0.717, 1.165) is 17.6 Å². The number of nitrogens with zero attached hydrogens (tertiary/aromatic N) is 3. The van der Waals surface area contributed by atoms with Gasteiger partial charge in [0.15, 0.2) is 21.3 Å². The summed E-state index contributed by atoms with van der Waals surface area (Å²) >= 11 is 0. The SMILES string of the molecule is CCN(C)c1ccc(S(=O)(=O)CC)cc1Nc1ncnc2cc(OC)c(OC)cc12. The molecule has 1 aromatic heterocycles. The van der Waals surface area contributed by atoms with Crippen molar-refractivity contribution in [2.45, 2.75) is 18.7 Å². The summed E-state index contributed by atoms with van der Waals surface area (Å²) in [5, 5.41) is 4.03. The second-order valence-corrected chi connectivity index (χ2v) is 8.95. The quantitative estimate of drug-likeness (QED) is 0.579. The normalized spacial score (nSPS) is 11.4. The Labute approximate surface area is 176 Å². The molecule has 0 aliphatic heterocycles. The first-order valence-corrected chi connectivity index (χ1v) is 11.2. The molecule has 0 saturated heterocycles. The molecule has 0 spiro atoms. The number of rotatable bonds is 8. The van der Waals surface area contributed by atoms with Gasteiger partial charge in [-0.2, -0.15) is 0 Å². The topological polar surface area (TPSA) is 93.7 Å². The lowest BCUT2D eigenvalue weighted by Crippen LogP contribution is -2.18. The van der Waals surface area contributed by atoms with Crippen LogP contribution in [-0.2, 0) is 9.84 Å². The van der Waals surface area contributed by atoms with Crippen LogP contribution in [0.3, 0.4) is 0 Å². The molecule has 8 nitrogen and oxygen atoms in total. The summed E-state index contributed by atoms with van der Waals surface area (Å²) in [7, 11) is 1.72. The molecule has 0 aliphatic rings. The molecule has 9 heteroatoms. The Morgan fingerprint density at radius 3 is 2.37 bits per heavy atom. The van der Waals surface area contributed by atoms with Crippen molar-refractivity contribution in [2.75, 3.05) is 43.8 Å². The molecule has 0 bridgehead atoms. The van der Waals surface area contributed by atoms with Gasteiger partial charge < -0.3 is 19.7 Å². The van der Waals surface area contributed by atoms with Crippen molar-refractivity contribution in [3.05, 3.63) is 36.7 Å². The van der Waals surface area contributed by atoms with Gasteiger partial charge in [-0.25, -0.2) is 18.4 Å². The van der Waals surface area contributed by atoms with Crippen LogP contribution < -0.4 is 19.7 Å². The number of methoxy groups -OCH3 is 2. The van der Waals surface area contributed by atoms with Crippen LogP contribution in [0.1, 0.15) is 13.8 Å². The van der Waals surface area contributed by atoms with E-state index >= 15 is 0 Å². The van der Waals surface area contributed by atoms with E-state index in [1.165, 1.54) is 6.33 Å². The van der Waals surface area contributed by atoms with Gasteiger partial charge in [0.1, 0.15) is 12.1 Å². The largest absolute Gasteiger partial charge is 0.493 e. The fourth-order valence-corrected chi connectivity index (χ4v) is 3.99. The van der Waals surface area contributed by atoms with Crippen molar-refractivity contribution in [3.8, 4) is 11.5 Å². The van der Waals surface area contributed by atoms with E-state index in [1.807, 2.05) is 18.9 Å². The minimum atomic E-state index is -3.35. The number of ether oxygens (including phenoxy) is 2. The third-order valence-corrected chi connectivity index (χ3v) is 6.72. The first-order chi connectivity index (χ1) is 14.3. The lowest BCUT2D eigenvalue weighted by atomic mass is 10.2. The molecular formula is C21H26N4O4S. The van der Waals surface area contributed by atoms with Crippen LogP contribution in [0.15, 0.2) is 41.6 Å². The van der Waals surface area contributed by atoms with Crippen molar-refractivity contribution < 1.29 is 17.9 Å². The second-order valence-electron chi connectivity index (χ2n) is 6.67. The molecule has 0 atom stereocenters. The van der Waals surface area contributed by atoms with Gasteiger partial charge in [0.25, 0.3) is 0 Å². The number of fused-ring (bicyclic) bond motifs is 1. The van der Waals surface area contributed by atoms with E-state index in [-0.39, 0.29) is 10.6 Å². The van der Waals surface area contributed by atoms with Crippen LogP contribution in [0, 0.1) is 0 Å². The second kappa shape index (κ2) is 8.74. The molecule has 160 valence electrons. The van der Waals surface area contributed by atoms with Crippen LogP contribution in [0.5, 0.6) is 11.5 Å². The Hall–Kier alpha value is -3.07. The molecular weight excluding hydrogens is 404 g/mol. The molecule has 1 heterocycles. The fourth-order valence-electron chi connectivity index (χ4n) is 3.09. The van der Waals surface area contributed by atoms with Gasteiger partial charge in [0.05, 0.1) is 41.8 Å². The number of hydrogen-bond acceptors (Lipinski definition) is 8. The highest BCUT2D eigenvalue weighted by molar-refractivity contribution is 7.91. The predicted molar refractivity (Wildman–Crippen MR) is 119 cm³/mol. The summed E-state index contributed by atoms with van der Waals surface area (Å²) in [5.74, 6) is 1.69. The van der Waals surface area contributed by atoms with E-state index in [1.54, 1.807) is 51.5 Å². The Morgan fingerprint density at radius 1 is 1.03 bits per heavy atom. The third kappa shape index (κ3) is 4.11. The molecule has 0 unspecified atom stereocenters. The summed E-state index contributed by atoms with van der Waals surface area (Å²) in [4.78, 5) is 11.0. The van der Waals surface area contributed by atoms with Gasteiger partial charge in [0.2, 0.25) is 0 Å². The van der Waals surface area contributed by atoms with Gasteiger partial charge in [-0.05, 0) is 31.2 Å². The highest BCUT2D eigenvalue weighted by atomic mass is 32.2. The Morgan fingerprint density at radius 2 is 1.73 bits per heavy atom. The zero-order chi connectivity index (χ0) is 21.9. The molecule has 30 heavy (non-hydrogen) atoms. The summed E-state index contributed by atoms with van der Waals surface area (Å²) in [6.45, 7) is 4.41. The van der Waals surface area contributed by atoms with Gasteiger partial charge >= 0.3 is 0 Å². The molecule has 2 aromatic carbocycles. The molecule has 3 aromatic rings. The summed E-state index contributed by atoms with van der Waals surface area (Å²) in [5.41, 5.74) is 2.18. The Balaban J connectivity index is 2.17. The highest BCUT2D eigenvalue weighted by Crippen LogP contribution is 2.36. The van der Waals surface area contributed by atoms with Crippen LogP contribution in [0.2, 0.25) is 0 Å². The number of sulfone groups is 1. The average molecular weight is 431 g/mol. The standard InChI is InChI=1S/C21H26N4O4S/c1-6-25(3)18-9-8-14(30(26,27)7-2)10-17(18)24-21-15-11-19(28-4)20(29-5)12-16(15)22-13-23-21/h8-13H,6-7H2,1-5H3,(H,22,23,24). The van der Waals surface area contributed by atoms with Crippen molar-refractivity contribution in [2.24, 2.45) is 0 Å². The average Bonchev–Trinajstić information content (AvgIpc) is 2.77. The molecule has 0 fully saturated rings.